The van der Waals surface area contributed by atoms with Gasteiger partial charge in [-0.1, -0.05) is 30.2 Å². The fourth-order valence-electron chi connectivity index (χ4n) is 1.41. The number of benzene rings is 2. The Bertz CT molecular complexity index is 518. The van der Waals surface area contributed by atoms with Gasteiger partial charge in [-0.3, -0.25) is 0 Å². The molecule has 0 fully saturated rings. The van der Waals surface area contributed by atoms with E-state index in [-0.39, 0.29) is 0 Å². The standard InChI is InChI=1S/C15H12O/c1-2-7-13-8-6-11-15(12-13)16-14-9-4-3-5-10-14/h3-6,8-12H,1H3. The summed E-state index contributed by atoms with van der Waals surface area (Å²) in [6.45, 7) is 1.82. The van der Waals surface area contributed by atoms with Crippen LogP contribution >= 0.6 is 0 Å². The van der Waals surface area contributed by atoms with Crippen molar-refractivity contribution in [1.82, 2.24) is 0 Å². The topological polar surface area (TPSA) is 9.23 Å². The summed E-state index contributed by atoms with van der Waals surface area (Å²) < 4.78 is 5.70. The maximum absolute atomic E-state index is 5.70. The van der Waals surface area contributed by atoms with E-state index in [1.807, 2.05) is 61.5 Å². The van der Waals surface area contributed by atoms with Gasteiger partial charge in [0.15, 0.2) is 0 Å². The first-order valence-corrected chi connectivity index (χ1v) is 5.14. The molecular weight excluding hydrogens is 196 g/mol. The van der Waals surface area contributed by atoms with Crippen LogP contribution < -0.4 is 4.74 Å². The van der Waals surface area contributed by atoms with Crippen molar-refractivity contribution in [3.05, 3.63) is 60.2 Å². The van der Waals surface area contributed by atoms with Crippen LogP contribution in [0.1, 0.15) is 12.5 Å². The third kappa shape index (κ3) is 2.65. The van der Waals surface area contributed by atoms with Crippen molar-refractivity contribution in [1.29, 1.82) is 0 Å². The Kier molecular flexibility index (Phi) is 3.25. The van der Waals surface area contributed by atoms with E-state index >= 15 is 0 Å². The summed E-state index contributed by atoms with van der Waals surface area (Å²) >= 11 is 0. The van der Waals surface area contributed by atoms with Crippen molar-refractivity contribution in [2.75, 3.05) is 0 Å². The molecule has 0 saturated carbocycles. The van der Waals surface area contributed by atoms with Crippen LogP contribution in [0.15, 0.2) is 54.6 Å². The van der Waals surface area contributed by atoms with Crippen LogP contribution in [0.5, 0.6) is 11.5 Å². The fraction of sp³-hybridized carbons (Fsp3) is 0.0667. The van der Waals surface area contributed by atoms with E-state index < -0.39 is 0 Å². The average Bonchev–Trinajstić information content (AvgIpc) is 2.31. The first kappa shape index (κ1) is 10.3. The largest absolute Gasteiger partial charge is 0.457 e. The summed E-state index contributed by atoms with van der Waals surface area (Å²) in [5.41, 5.74) is 0.968. The highest BCUT2D eigenvalue weighted by Crippen LogP contribution is 2.21. The first-order chi connectivity index (χ1) is 7.88. The highest BCUT2D eigenvalue weighted by atomic mass is 16.5. The molecule has 2 aromatic carbocycles. The first-order valence-electron chi connectivity index (χ1n) is 5.14. The lowest BCUT2D eigenvalue weighted by Gasteiger charge is -2.05. The molecule has 0 N–H and O–H groups in total. The van der Waals surface area contributed by atoms with Crippen LogP contribution in [0, 0.1) is 11.8 Å². The van der Waals surface area contributed by atoms with Gasteiger partial charge in [0.25, 0.3) is 0 Å². The molecule has 0 aromatic heterocycles. The van der Waals surface area contributed by atoms with Crippen LogP contribution in [-0.4, -0.2) is 0 Å². The second kappa shape index (κ2) is 5.04. The Balaban J connectivity index is 2.21. The molecule has 0 radical (unpaired) electrons. The lowest BCUT2D eigenvalue weighted by molar-refractivity contribution is 0.482. The van der Waals surface area contributed by atoms with Gasteiger partial charge in [0, 0.05) is 5.56 Å². The molecule has 0 aliphatic carbocycles. The minimum absolute atomic E-state index is 0.812. The van der Waals surface area contributed by atoms with Crippen LogP contribution in [-0.2, 0) is 0 Å². The predicted octanol–water partition coefficient (Wildman–Crippen LogP) is 3.85. The number of ether oxygens (including phenoxy) is 1. The van der Waals surface area contributed by atoms with Crippen LogP contribution in [0.2, 0.25) is 0 Å². The summed E-state index contributed by atoms with van der Waals surface area (Å²) in [5, 5.41) is 0. The second-order valence-electron chi connectivity index (χ2n) is 3.32. The van der Waals surface area contributed by atoms with Gasteiger partial charge in [-0.15, -0.1) is 5.92 Å². The minimum atomic E-state index is 0.812. The highest BCUT2D eigenvalue weighted by molar-refractivity contribution is 5.41. The van der Waals surface area contributed by atoms with Crippen molar-refractivity contribution in [3.8, 4) is 23.3 Å². The van der Waals surface area contributed by atoms with E-state index in [1.165, 1.54) is 0 Å². The quantitative estimate of drug-likeness (QED) is 0.681. The predicted molar refractivity (Wildman–Crippen MR) is 65.5 cm³/mol. The monoisotopic (exact) mass is 208 g/mol. The van der Waals surface area contributed by atoms with Gasteiger partial charge in [-0.05, 0) is 37.3 Å². The smallest absolute Gasteiger partial charge is 0.128 e. The molecule has 16 heavy (non-hydrogen) atoms. The molecule has 0 bridgehead atoms. The van der Waals surface area contributed by atoms with E-state index in [2.05, 4.69) is 11.8 Å². The van der Waals surface area contributed by atoms with Gasteiger partial charge in [0.2, 0.25) is 0 Å². The second-order valence-corrected chi connectivity index (χ2v) is 3.32. The third-order valence-electron chi connectivity index (χ3n) is 2.08. The molecule has 0 aliphatic rings. The zero-order valence-electron chi connectivity index (χ0n) is 9.10. The Morgan fingerprint density at radius 3 is 2.38 bits per heavy atom. The molecule has 2 aromatic rings. The number of hydrogen-bond acceptors (Lipinski definition) is 1. The number of rotatable bonds is 2. The van der Waals surface area contributed by atoms with E-state index in [1.54, 1.807) is 0 Å². The molecular formula is C15H12O. The van der Waals surface area contributed by atoms with E-state index in [4.69, 9.17) is 4.74 Å². The van der Waals surface area contributed by atoms with Crippen LogP contribution in [0.25, 0.3) is 0 Å². The summed E-state index contributed by atoms with van der Waals surface area (Å²) in [6, 6.07) is 17.5. The normalized spacial score (nSPS) is 9.06. The molecule has 78 valence electrons. The lowest BCUT2D eigenvalue weighted by atomic mass is 10.2. The van der Waals surface area contributed by atoms with Crippen molar-refractivity contribution < 1.29 is 4.74 Å². The molecule has 0 aliphatic heterocycles. The molecule has 0 saturated heterocycles. The van der Waals surface area contributed by atoms with Gasteiger partial charge < -0.3 is 4.74 Å². The van der Waals surface area contributed by atoms with Gasteiger partial charge in [-0.2, -0.15) is 0 Å². The van der Waals surface area contributed by atoms with Gasteiger partial charge in [-0.25, -0.2) is 0 Å². The highest BCUT2D eigenvalue weighted by Gasteiger charge is 1.96. The molecule has 1 heteroatoms. The molecule has 0 unspecified atom stereocenters. The maximum atomic E-state index is 5.70. The van der Waals surface area contributed by atoms with E-state index in [0.717, 1.165) is 17.1 Å². The Labute approximate surface area is 95.7 Å². The summed E-state index contributed by atoms with van der Waals surface area (Å²) in [5.74, 6) is 7.52. The van der Waals surface area contributed by atoms with Crippen molar-refractivity contribution in [2.45, 2.75) is 6.92 Å². The molecule has 0 heterocycles. The Morgan fingerprint density at radius 2 is 1.62 bits per heavy atom. The molecule has 0 spiro atoms. The van der Waals surface area contributed by atoms with Gasteiger partial charge in [0.1, 0.15) is 11.5 Å². The Morgan fingerprint density at radius 1 is 0.875 bits per heavy atom. The van der Waals surface area contributed by atoms with Crippen molar-refractivity contribution in [2.24, 2.45) is 0 Å². The maximum Gasteiger partial charge on any atom is 0.128 e. The van der Waals surface area contributed by atoms with Crippen molar-refractivity contribution >= 4 is 0 Å². The SMILES string of the molecule is CC#Cc1cccc(Oc2ccccc2)c1. The summed E-state index contributed by atoms with van der Waals surface area (Å²) in [6.07, 6.45) is 0. The van der Waals surface area contributed by atoms with Crippen molar-refractivity contribution in [3.63, 3.8) is 0 Å². The zero-order valence-corrected chi connectivity index (χ0v) is 9.10. The average molecular weight is 208 g/mol. The number of hydrogen-bond donors (Lipinski definition) is 0. The lowest BCUT2D eigenvalue weighted by Crippen LogP contribution is -1.84. The Hall–Kier alpha value is -2.20. The minimum Gasteiger partial charge on any atom is -0.457 e. The molecule has 1 nitrogen and oxygen atoms in total. The van der Waals surface area contributed by atoms with E-state index in [9.17, 15) is 0 Å². The van der Waals surface area contributed by atoms with Gasteiger partial charge >= 0.3 is 0 Å². The van der Waals surface area contributed by atoms with E-state index in [0.29, 0.717) is 0 Å². The summed E-state index contributed by atoms with van der Waals surface area (Å²) in [7, 11) is 0. The number of para-hydroxylation sites is 1. The third-order valence-corrected chi connectivity index (χ3v) is 2.08. The van der Waals surface area contributed by atoms with Gasteiger partial charge in [0.05, 0.1) is 0 Å². The van der Waals surface area contributed by atoms with Crippen LogP contribution in [0.3, 0.4) is 0 Å². The molecule has 0 amide bonds. The van der Waals surface area contributed by atoms with Crippen LogP contribution in [0.4, 0.5) is 0 Å². The fourth-order valence-corrected chi connectivity index (χ4v) is 1.41. The summed E-state index contributed by atoms with van der Waals surface area (Å²) in [4.78, 5) is 0. The molecule has 0 atom stereocenters. The zero-order chi connectivity index (χ0) is 11.2. The molecule has 2 rings (SSSR count).